The van der Waals surface area contributed by atoms with Crippen molar-refractivity contribution in [1.29, 1.82) is 0 Å². The van der Waals surface area contributed by atoms with E-state index in [2.05, 4.69) is 5.32 Å². The van der Waals surface area contributed by atoms with E-state index in [-0.39, 0.29) is 18.0 Å². The second-order valence-corrected chi connectivity index (χ2v) is 6.63. The highest BCUT2D eigenvalue weighted by Gasteiger charge is 2.22. The number of nitrogens with two attached hydrogens (primary N) is 1. The van der Waals surface area contributed by atoms with Crippen LogP contribution in [0.4, 0.5) is 9.39 Å². The number of likely N-dealkylation sites (N-methyl/N-ethyl adjacent to an activating group) is 1. The van der Waals surface area contributed by atoms with Crippen LogP contribution < -0.4 is 11.1 Å². The number of nitrogens with zero attached hydrogens (tertiary/aromatic N) is 1. The van der Waals surface area contributed by atoms with E-state index in [0.717, 1.165) is 0 Å². The summed E-state index contributed by atoms with van der Waals surface area (Å²) in [5.41, 5.74) is 5.85. The van der Waals surface area contributed by atoms with Crippen LogP contribution in [0.25, 0.3) is 0 Å². The molecule has 3 N–H and O–H groups in total. The number of benzene rings is 1. The Bertz CT molecular complexity index is 745. The Morgan fingerprint density at radius 3 is 2.75 bits per heavy atom. The molecule has 0 saturated carbocycles. The van der Waals surface area contributed by atoms with E-state index in [1.54, 1.807) is 36.4 Å². The second kappa shape index (κ2) is 7.74. The van der Waals surface area contributed by atoms with Crippen molar-refractivity contribution in [3.05, 3.63) is 51.6 Å². The van der Waals surface area contributed by atoms with Gasteiger partial charge < -0.3 is 11.1 Å². The van der Waals surface area contributed by atoms with Crippen molar-refractivity contribution in [3.8, 4) is 0 Å². The van der Waals surface area contributed by atoms with Gasteiger partial charge >= 0.3 is 0 Å². The Morgan fingerprint density at radius 1 is 1.42 bits per heavy atom. The fourth-order valence-electron chi connectivity index (χ4n) is 2.09. The van der Waals surface area contributed by atoms with Crippen LogP contribution in [0.3, 0.4) is 0 Å². The van der Waals surface area contributed by atoms with Crippen LogP contribution >= 0.6 is 22.9 Å². The smallest absolute Gasteiger partial charge is 0.251 e. The van der Waals surface area contributed by atoms with Crippen LogP contribution in [-0.2, 0) is 11.3 Å². The van der Waals surface area contributed by atoms with E-state index in [9.17, 15) is 14.0 Å². The Balaban J connectivity index is 2.07. The highest BCUT2D eigenvalue weighted by molar-refractivity contribution is 7.14. The van der Waals surface area contributed by atoms with Gasteiger partial charge in [0, 0.05) is 17.1 Å². The fraction of sp³-hybridized carbons (Fsp3) is 0.250. The predicted molar refractivity (Wildman–Crippen MR) is 93.8 cm³/mol. The maximum atomic E-state index is 13.9. The number of hydrogen-bond donors (Lipinski definition) is 2. The molecule has 0 aliphatic rings. The molecule has 5 nitrogen and oxygen atoms in total. The zero-order valence-electron chi connectivity index (χ0n) is 13.2. The van der Waals surface area contributed by atoms with Gasteiger partial charge in [-0.2, -0.15) is 0 Å². The van der Waals surface area contributed by atoms with E-state index in [0.29, 0.717) is 15.6 Å². The van der Waals surface area contributed by atoms with Gasteiger partial charge in [0.2, 0.25) is 5.91 Å². The van der Waals surface area contributed by atoms with E-state index in [4.69, 9.17) is 17.3 Å². The number of amides is 2. The first-order valence-corrected chi connectivity index (χ1v) is 8.38. The zero-order chi connectivity index (χ0) is 17.9. The van der Waals surface area contributed by atoms with Crippen LogP contribution in [0.1, 0.15) is 22.8 Å². The van der Waals surface area contributed by atoms with Gasteiger partial charge in [-0.25, -0.2) is 4.39 Å². The Kier molecular flexibility index (Phi) is 5.93. The lowest BCUT2D eigenvalue weighted by Crippen LogP contribution is -2.39. The molecule has 0 aliphatic carbocycles. The standard InChI is InChI=1S/C16H17ClFN3O2S/c1-9(15(23)20-16-10(14(19)22)6-7-24-16)21(2)8-11-12(17)4-3-5-13(11)18/h3-7,9H,8H2,1-2H3,(H2,19,22)(H,20,23)/t9-/m0/s1. The number of anilines is 1. The van der Waals surface area contributed by atoms with Crippen molar-refractivity contribution >= 4 is 39.8 Å². The van der Waals surface area contributed by atoms with Crippen molar-refractivity contribution in [2.24, 2.45) is 5.73 Å². The van der Waals surface area contributed by atoms with Crippen LogP contribution in [-0.4, -0.2) is 29.8 Å². The lowest BCUT2D eigenvalue weighted by molar-refractivity contribution is -0.120. The first-order chi connectivity index (χ1) is 11.3. The van der Waals surface area contributed by atoms with Gasteiger partial charge in [0.05, 0.1) is 11.6 Å². The van der Waals surface area contributed by atoms with Gasteiger partial charge in [-0.1, -0.05) is 17.7 Å². The summed E-state index contributed by atoms with van der Waals surface area (Å²) in [6, 6.07) is 5.44. The number of carbonyl (C=O) groups excluding carboxylic acids is 2. The molecule has 8 heteroatoms. The quantitative estimate of drug-likeness (QED) is 0.821. The van der Waals surface area contributed by atoms with E-state index in [1.165, 1.54) is 23.5 Å². The Hall–Kier alpha value is -1.96. The van der Waals surface area contributed by atoms with Gasteiger partial charge in [-0.05, 0) is 37.6 Å². The minimum Gasteiger partial charge on any atom is -0.366 e. The molecule has 0 radical (unpaired) electrons. The van der Waals surface area contributed by atoms with Gasteiger partial charge in [-0.15, -0.1) is 11.3 Å². The highest BCUT2D eigenvalue weighted by Crippen LogP contribution is 2.24. The maximum Gasteiger partial charge on any atom is 0.251 e. The monoisotopic (exact) mass is 369 g/mol. The molecule has 1 heterocycles. The average Bonchev–Trinajstić information content (AvgIpc) is 2.98. The molecule has 0 unspecified atom stereocenters. The van der Waals surface area contributed by atoms with Crippen molar-refractivity contribution < 1.29 is 14.0 Å². The molecule has 2 aromatic rings. The van der Waals surface area contributed by atoms with E-state index < -0.39 is 17.8 Å². The molecule has 2 rings (SSSR count). The SMILES string of the molecule is C[C@@H](C(=O)Nc1sccc1C(N)=O)N(C)Cc1c(F)cccc1Cl. The maximum absolute atomic E-state index is 13.9. The lowest BCUT2D eigenvalue weighted by atomic mass is 10.1. The molecule has 0 bridgehead atoms. The third-order valence-electron chi connectivity index (χ3n) is 3.68. The third kappa shape index (κ3) is 4.11. The molecule has 1 atom stereocenters. The molecule has 0 aliphatic heterocycles. The second-order valence-electron chi connectivity index (χ2n) is 5.31. The van der Waals surface area contributed by atoms with Crippen molar-refractivity contribution in [1.82, 2.24) is 4.90 Å². The first kappa shape index (κ1) is 18.4. The predicted octanol–water partition coefficient (Wildman–Crippen LogP) is 3.10. The molecule has 0 fully saturated rings. The minimum atomic E-state index is -0.606. The summed E-state index contributed by atoms with van der Waals surface area (Å²) in [4.78, 5) is 25.3. The van der Waals surface area contributed by atoms with Crippen molar-refractivity contribution in [3.63, 3.8) is 0 Å². The van der Waals surface area contributed by atoms with Crippen LogP contribution in [0.2, 0.25) is 5.02 Å². The molecule has 1 aromatic heterocycles. The number of rotatable bonds is 6. The topological polar surface area (TPSA) is 75.4 Å². The van der Waals surface area contributed by atoms with Crippen LogP contribution in [0.15, 0.2) is 29.6 Å². The van der Waals surface area contributed by atoms with Gasteiger partial charge in [0.25, 0.3) is 5.91 Å². The molecule has 0 spiro atoms. The zero-order valence-corrected chi connectivity index (χ0v) is 14.7. The van der Waals surface area contributed by atoms with Gasteiger partial charge in [0.1, 0.15) is 10.8 Å². The van der Waals surface area contributed by atoms with Crippen LogP contribution in [0, 0.1) is 5.82 Å². The van der Waals surface area contributed by atoms with Crippen molar-refractivity contribution in [2.75, 3.05) is 12.4 Å². The fourth-order valence-corrected chi connectivity index (χ4v) is 3.10. The van der Waals surface area contributed by atoms with E-state index >= 15 is 0 Å². The Labute approximate surface area is 148 Å². The molecule has 1 aromatic carbocycles. The van der Waals surface area contributed by atoms with Crippen molar-refractivity contribution in [2.45, 2.75) is 19.5 Å². The number of thiophene rings is 1. The summed E-state index contributed by atoms with van der Waals surface area (Å²) in [6.45, 7) is 1.86. The highest BCUT2D eigenvalue weighted by atomic mass is 35.5. The molecular formula is C16H17ClFN3O2S. The summed E-state index contributed by atoms with van der Waals surface area (Å²) < 4.78 is 13.9. The lowest BCUT2D eigenvalue weighted by Gasteiger charge is -2.24. The van der Waals surface area contributed by atoms with E-state index in [1.807, 2.05) is 0 Å². The number of nitrogens with one attached hydrogen (secondary N) is 1. The Morgan fingerprint density at radius 2 is 2.12 bits per heavy atom. The third-order valence-corrected chi connectivity index (χ3v) is 4.86. The number of halogens is 2. The molecule has 0 saturated heterocycles. The molecule has 2 amide bonds. The first-order valence-electron chi connectivity index (χ1n) is 7.12. The number of primary amides is 1. The number of hydrogen-bond acceptors (Lipinski definition) is 4. The van der Waals surface area contributed by atoms with Crippen LogP contribution in [0.5, 0.6) is 0 Å². The molecular weight excluding hydrogens is 353 g/mol. The molecule has 128 valence electrons. The largest absolute Gasteiger partial charge is 0.366 e. The van der Waals surface area contributed by atoms with Gasteiger partial charge in [-0.3, -0.25) is 14.5 Å². The summed E-state index contributed by atoms with van der Waals surface area (Å²) in [6.07, 6.45) is 0. The summed E-state index contributed by atoms with van der Waals surface area (Å²) in [5.74, 6) is -1.35. The number of carbonyl (C=O) groups is 2. The summed E-state index contributed by atoms with van der Waals surface area (Å²) >= 11 is 7.22. The average molecular weight is 370 g/mol. The summed E-state index contributed by atoms with van der Waals surface area (Å²) in [5, 5.41) is 5.06. The molecule has 24 heavy (non-hydrogen) atoms. The normalized spacial score (nSPS) is 12.2. The van der Waals surface area contributed by atoms with Gasteiger partial charge in [0.15, 0.2) is 0 Å². The summed E-state index contributed by atoms with van der Waals surface area (Å²) in [7, 11) is 1.69. The minimum absolute atomic E-state index is 0.174.